The van der Waals surface area contributed by atoms with Gasteiger partial charge in [-0.3, -0.25) is 0 Å². The van der Waals surface area contributed by atoms with Crippen LogP contribution in [0.1, 0.15) is 34.5 Å². The van der Waals surface area contributed by atoms with Crippen LogP contribution in [0.2, 0.25) is 0 Å². The molecule has 1 saturated carbocycles. The van der Waals surface area contributed by atoms with Crippen molar-refractivity contribution in [3.8, 4) is 0 Å². The Morgan fingerprint density at radius 1 is 1.24 bits per heavy atom. The van der Waals surface area contributed by atoms with E-state index in [4.69, 9.17) is 4.98 Å². The van der Waals surface area contributed by atoms with Crippen LogP contribution >= 0.6 is 11.3 Å². The molecule has 1 aliphatic rings. The molecule has 0 bridgehead atoms. The van der Waals surface area contributed by atoms with Gasteiger partial charge < -0.3 is 5.32 Å². The number of anilines is 1. The van der Waals surface area contributed by atoms with E-state index in [2.05, 4.69) is 40.5 Å². The van der Waals surface area contributed by atoms with Crippen LogP contribution in [-0.2, 0) is 0 Å². The summed E-state index contributed by atoms with van der Waals surface area (Å²) in [7, 11) is 0. The number of rotatable bonds is 4. The molecule has 1 aliphatic carbocycles. The molecule has 126 valence electrons. The van der Waals surface area contributed by atoms with Gasteiger partial charge in [0.05, 0.1) is 17.3 Å². The van der Waals surface area contributed by atoms with Crippen molar-refractivity contribution in [2.45, 2.75) is 32.7 Å². The lowest BCUT2D eigenvalue weighted by atomic mass is 10.1. The Morgan fingerprint density at radius 3 is 2.84 bits per heavy atom. The minimum Gasteiger partial charge on any atom is -0.360 e. The Bertz CT molecular complexity index is 1080. The van der Waals surface area contributed by atoms with Crippen molar-refractivity contribution in [3.05, 3.63) is 52.1 Å². The minimum absolute atomic E-state index is 0.237. The predicted molar refractivity (Wildman–Crippen MR) is 101 cm³/mol. The third-order valence-corrected chi connectivity index (χ3v) is 5.71. The smallest absolute Gasteiger partial charge is 0.158 e. The molecule has 0 amide bonds. The van der Waals surface area contributed by atoms with Crippen molar-refractivity contribution in [3.63, 3.8) is 0 Å². The average molecular weight is 349 g/mol. The van der Waals surface area contributed by atoms with E-state index in [-0.39, 0.29) is 6.04 Å². The second kappa shape index (κ2) is 5.52. The minimum atomic E-state index is 0.237. The van der Waals surface area contributed by atoms with Gasteiger partial charge >= 0.3 is 0 Å². The van der Waals surface area contributed by atoms with Crippen LogP contribution in [0.4, 0.5) is 5.82 Å². The Balaban J connectivity index is 1.65. The van der Waals surface area contributed by atoms with Gasteiger partial charge in [-0.1, -0.05) is 12.1 Å². The van der Waals surface area contributed by atoms with Gasteiger partial charge in [-0.2, -0.15) is 5.10 Å². The number of benzene rings is 1. The number of nitrogens with one attached hydrogen (secondary N) is 1. The zero-order valence-electron chi connectivity index (χ0n) is 14.2. The lowest BCUT2D eigenvalue weighted by molar-refractivity contribution is 0.671. The Hall–Kier alpha value is -2.47. The molecule has 25 heavy (non-hydrogen) atoms. The van der Waals surface area contributed by atoms with Crippen LogP contribution in [0.25, 0.3) is 16.6 Å². The predicted octanol–water partition coefficient (Wildman–Crippen LogP) is 4.52. The highest BCUT2D eigenvalue weighted by molar-refractivity contribution is 7.11. The third-order valence-electron chi connectivity index (χ3n) is 4.72. The van der Waals surface area contributed by atoms with Gasteiger partial charge in [0.1, 0.15) is 10.8 Å². The van der Waals surface area contributed by atoms with E-state index < -0.39 is 0 Å². The molecule has 3 aromatic heterocycles. The monoisotopic (exact) mass is 349 g/mol. The molecule has 1 aromatic carbocycles. The summed E-state index contributed by atoms with van der Waals surface area (Å²) < 4.78 is 1.93. The van der Waals surface area contributed by atoms with Crippen LogP contribution in [0.3, 0.4) is 0 Å². The van der Waals surface area contributed by atoms with Crippen LogP contribution < -0.4 is 5.32 Å². The first-order chi connectivity index (χ1) is 12.2. The topological polar surface area (TPSA) is 55.1 Å². The highest BCUT2D eigenvalue weighted by Crippen LogP contribution is 2.44. The molecule has 6 heteroatoms. The van der Waals surface area contributed by atoms with Crippen molar-refractivity contribution in [1.82, 2.24) is 19.6 Å². The van der Waals surface area contributed by atoms with Gasteiger partial charge in [0.25, 0.3) is 0 Å². The number of fused-ring (bicyclic) bond motifs is 3. The molecule has 1 N–H and O–H groups in total. The summed E-state index contributed by atoms with van der Waals surface area (Å²) in [5.74, 6) is 1.57. The van der Waals surface area contributed by atoms with E-state index in [1.165, 1.54) is 17.7 Å². The molecule has 4 aromatic rings. The molecule has 0 unspecified atom stereocenters. The quantitative estimate of drug-likeness (QED) is 0.588. The fourth-order valence-electron chi connectivity index (χ4n) is 3.36. The SMILES string of the molecule is Cc1cc2nc(N[C@H](c3ncc(C)s3)C3CC3)c3ccccc3n2n1. The Kier molecular flexibility index (Phi) is 3.28. The first-order valence-electron chi connectivity index (χ1n) is 8.63. The summed E-state index contributed by atoms with van der Waals surface area (Å²) in [6, 6.07) is 10.6. The van der Waals surface area contributed by atoms with Crippen LogP contribution in [-0.4, -0.2) is 19.6 Å². The lowest BCUT2D eigenvalue weighted by Crippen LogP contribution is -2.14. The molecular formula is C19H19N5S. The van der Waals surface area contributed by atoms with Crippen molar-refractivity contribution < 1.29 is 0 Å². The van der Waals surface area contributed by atoms with Gasteiger partial charge in [0.2, 0.25) is 0 Å². The second-order valence-electron chi connectivity index (χ2n) is 6.80. The molecule has 0 radical (unpaired) electrons. The molecular weight excluding hydrogens is 330 g/mol. The molecule has 3 heterocycles. The summed E-state index contributed by atoms with van der Waals surface area (Å²) in [4.78, 5) is 10.8. The zero-order valence-corrected chi connectivity index (χ0v) is 15.0. The molecule has 1 fully saturated rings. The molecule has 5 rings (SSSR count). The van der Waals surface area contributed by atoms with Gasteiger partial charge in [0, 0.05) is 22.5 Å². The number of nitrogens with zero attached hydrogens (tertiary/aromatic N) is 4. The summed E-state index contributed by atoms with van der Waals surface area (Å²) in [6.07, 6.45) is 4.47. The number of hydrogen-bond donors (Lipinski definition) is 1. The van der Waals surface area contributed by atoms with Gasteiger partial charge in [-0.25, -0.2) is 14.5 Å². The number of aryl methyl sites for hydroxylation is 2. The fourth-order valence-corrected chi connectivity index (χ4v) is 4.28. The summed E-state index contributed by atoms with van der Waals surface area (Å²) in [5, 5.41) is 10.6. The number of thiazole rings is 1. The maximum absolute atomic E-state index is 4.87. The van der Waals surface area contributed by atoms with E-state index in [0.717, 1.165) is 33.1 Å². The normalized spacial score (nSPS) is 15.8. The number of hydrogen-bond acceptors (Lipinski definition) is 5. The van der Waals surface area contributed by atoms with Crippen molar-refractivity contribution >= 4 is 33.7 Å². The van der Waals surface area contributed by atoms with E-state index in [1.54, 1.807) is 11.3 Å². The lowest BCUT2D eigenvalue weighted by Gasteiger charge is -2.18. The standard InChI is InChI=1S/C19H19N5S/c1-11-9-16-21-18(14-5-3-4-6-15(14)24(16)23-11)22-17(13-7-8-13)19-20-10-12(2)25-19/h3-6,9-10,13,17H,7-8H2,1-2H3,(H,21,22)/t17-/m0/s1. The van der Waals surface area contributed by atoms with Crippen molar-refractivity contribution in [2.75, 3.05) is 5.32 Å². The summed E-state index contributed by atoms with van der Waals surface area (Å²) in [6.45, 7) is 4.11. The van der Waals surface area contributed by atoms with Gasteiger partial charge in [-0.05, 0) is 44.7 Å². The van der Waals surface area contributed by atoms with Gasteiger partial charge in [0.15, 0.2) is 5.65 Å². The zero-order chi connectivity index (χ0) is 17.0. The first-order valence-corrected chi connectivity index (χ1v) is 9.45. The van der Waals surface area contributed by atoms with Crippen LogP contribution in [0.15, 0.2) is 36.5 Å². The average Bonchev–Trinajstić information content (AvgIpc) is 3.25. The summed E-state index contributed by atoms with van der Waals surface area (Å²) >= 11 is 1.78. The maximum atomic E-state index is 4.87. The largest absolute Gasteiger partial charge is 0.360 e. The third kappa shape index (κ3) is 2.57. The highest BCUT2D eigenvalue weighted by Gasteiger charge is 2.34. The summed E-state index contributed by atoms with van der Waals surface area (Å²) in [5.41, 5.74) is 2.93. The number of para-hydroxylation sites is 1. The van der Waals surface area contributed by atoms with Crippen LogP contribution in [0, 0.1) is 19.8 Å². The van der Waals surface area contributed by atoms with Crippen molar-refractivity contribution in [2.24, 2.45) is 5.92 Å². The molecule has 1 atom stereocenters. The van der Waals surface area contributed by atoms with Crippen LogP contribution in [0.5, 0.6) is 0 Å². The maximum Gasteiger partial charge on any atom is 0.158 e. The second-order valence-corrected chi connectivity index (χ2v) is 8.07. The Morgan fingerprint density at radius 2 is 2.08 bits per heavy atom. The van der Waals surface area contributed by atoms with E-state index >= 15 is 0 Å². The fraction of sp³-hybridized carbons (Fsp3) is 0.316. The number of aromatic nitrogens is 4. The van der Waals surface area contributed by atoms with Gasteiger partial charge in [-0.15, -0.1) is 11.3 Å². The first kappa shape index (κ1) is 14.8. The van der Waals surface area contributed by atoms with E-state index in [9.17, 15) is 0 Å². The molecule has 5 nitrogen and oxygen atoms in total. The molecule has 0 saturated heterocycles. The van der Waals surface area contributed by atoms with E-state index in [0.29, 0.717) is 5.92 Å². The highest BCUT2D eigenvalue weighted by atomic mass is 32.1. The molecule has 0 aliphatic heterocycles. The Labute approximate surface area is 149 Å². The molecule has 0 spiro atoms. The van der Waals surface area contributed by atoms with E-state index in [1.807, 2.05) is 29.8 Å². The van der Waals surface area contributed by atoms with Crippen molar-refractivity contribution in [1.29, 1.82) is 0 Å².